The Kier molecular flexibility index (Phi) is 3.73. The Balaban J connectivity index is 2.39. The number of aromatic nitrogens is 1. The van der Waals surface area contributed by atoms with Gasteiger partial charge in [0.05, 0.1) is 16.3 Å². The van der Waals surface area contributed by atoms with Gasteiger partial charge in [0, 0.05) is 17.1 Å². The van der Waals surface area contributed by atoms with E-state index in [1.165, 1.54) is 25.3 Å². The summed E-state index contributed by atoms with van der Waals surface area (Å²) in [7, 11) is -3.57. The summed E-state index contributed by atoms with van der Waals surface area (Å²) in [4.78, 5) is 15.9. The van der Waals surface area contributed by atoms with Crippen LogP contribution >= 0.6 is 11.6 Å². The fraction of sp³-hybridized carbons (Fsp3) is 0.167. The van der Waals surface area contributed by atoms with Gasteiger partial charge in [-0.15, -0.1) is 0 Å². The van der Waals surface area contributed by atoms with Crippen molar-refractivity contribution in [3.05, 3.63) is 41.0 Å². The lowest BCUT2D eigenvalue weighted by atomic mass is 10.1. The Morgan fingerprint density at radius 3 is 2.79 bits per heavy atom. The van der Waals surface area contributed by atoms with E-state index in [2.05, 4.69) is 4.98 Å². The Hall–Kier alpha value is -1.66. The smallest absolute Gasteiger partial charge is 0.264 e. The summed E-state index contributed by atoms with van der Waals surface area (Å²) in [6.07, 6.45) is 1.52. The zero-order valence-electron chi connectivity index (χ0n) is 10.1. The maximum Gasteiger partial charge on any atom is 0.264 e. The van der Waals surface area contributed by atoms with Gasteiger partial charge in [0.15, 0.2) is 0 Å². The number of nitrogens with zero attached hydrogens (tertiary/aromatic N) is 1. The van der Waals surface area contributed by atoms with E-state index >= 15 is 0 Å². The van der Waals surface area contributed by atoms with Gasteiger partial charge >= 0.3 is 0 Å². The quantitative estimate of drug-likeness (QED) is 0.940. The van der Waals surface area contributed by atoms with E-state index in [-0.39, 0.29) is 11.3 Å². The van der Waals surface area contributed by atoms with E-state index in [0.717, 1.165) is 0 Å². The number of sulfonamides is 1. The molecule has 0 radical (unpaired) electrons. The molecule has 1 heterocycles. The van der Waals surface area contributed by atoms with E-state index in [9.17, 15) is 13.2 Å². The minimum Gasteiger partial charge on any atom is -0.268 e. The van der Waals surface area contributed by atoms with Crippen LogP contribution in [-0.4, -0.2) is 25.1 Å². The standard InChI is InChI=1S/C12H11ClN2O3S/c1-2-19(17,18)15-12(16)8-3-4-9-10(13)5-6-14-11(9)7-8/h3-7H,2H2,1H3,(H,15,16). The summed E-state index contributed by atoms with van der Waals surface area (Å²) in [5.41, 5.74) is 0.758. The van der Waals surface area contributed by atoms with Crippen LogP contribution in [0.1, 0.15) is 17.3 Å². The van der Waals surface area contributed by atoms with Crippen LogP contribution in [-0.2, 0) is 10.0 Å². The van der Waals surface area contributed by atoms with Gasteiger partial charge in [0.2, 0.25) is 10.0 Å². The van der Waals surface area contributed by atoms with Gasteiger partial charge in [-0.1, -0.05) is 17.7 Å². The van der Waals surface area contributed by atoms with Crippen molar-refractivity contribution in [2.75, 3.05) is 5.75 Å². The van der Waals surface area contributed by atoms with Crippen molar-refractivity contribution in [3.8, 4) is 0 Å². The van der Waals surface area contributed by atoms with Gasteiger partial charge in [-0.3, -0.25) is 9.78 Å². The lowest BCUT2D eigenvalue weighted by Crippen LogP contribution is -2.31. The zero-order valence-corrected chi connectivity index (χ0v) is 11.6. The first-order valence-corrected chi connectivity index (χ1v) is 7.55. The number of rotatable bonds is 3. The molecule has 19 heavy (non-hydrogen) atoms. The minimum atomic E-state index is -3.57. The first kappa shape index (κ1) is 13.8. The van der Waals surface area contributed by atoms with Crippen LogP contribution in [0.3, 0.4) is 0 Å². The highest BCUT2D eigenvalue weighted by molar-refractivity contribution is 7.90. The average Bonchev–Trinajstić information content (AvgIpc) is 2.38. The molecule has 1 N–H and O–H groups in total. The molecule has 0 saturated heterocycles. The summed E-state index contributed by atoms with van der Waals surface area (Å²) in [6.45, 7) is 1.46. The van der Waals surface area contributed by atoms with E-state index in [1.54, 1.807) is 12.1 Å². The van der Waals surface area contributed by atoms with Crippen molar-refractivity contribution >= 4 is 38.4 Å². The topological polar surface area (TPSA) is 76.1 Å². The van der Waals surface area contributed by atoms with E-state index in [4.69, 9.17) is 11.6 Å². The number of benzene rings is 1. The summed E-state index contributed by atoms with van der Waals surface area (Å²) < 4.78 is 24.6. The molecule has 100 valence electrons. The third kappa shape index (κ3) is 3.02. The van der Waals surface area contributed by atoms with Gasteiger partial charge in [-0.05, 0) is 25.1 Å². The number of fused-ring (bicyclic) bond motifs is 1. The molecular weight excluding hydrogens is 288 g/mol. The molecule has 1 amide bonds. The van der Waals surface area contributed by atoms with Crippen LogP contribution in [0.4, 0.5) is 0 Å². The van der Waals surface area contributed by atoms with Gasteiger partial charge in [0.25, 0.3) is 5.91 Å². The summed E-state index contributed by atoms with van der Waals surface area (Å²) in [5, 5.41) is 1.23. The van der Waals surface area contributed by atoms with E-state index < -0.39 is 15.9 Å². The molecule has 5 nitrogen and oxygen atoms in total. The number of halogens is 1. The second-order valence-corrected chi connectivity index (χ2v) is 6.28. The number of hydrogen-bond acceptors (Lipinski definition) is 4. The number of hydrogen-bond donors (Lipinski definition) is 1. The van der Waals surface area contributed by atoms with E-state index in [0.29, 0.717) is 15.9 Å². The predicted octanol–water partition coefficient (Wildman–Crippen LogP) is 1.97. The molecule has 2 aromatic rings. The highest BCUT2D eigenvalue weighted by Gasteiger charge is 2.14. The maximum atomic E-state index is 11.8. The molecule has 1 aromatic carbocycles. The molecule has 0 aliphatic rings. The van der Waals surface area contributed by atoms with Crippen LogP contribution in [0, 0.1) is 0 Å². The molecular formula is C12H11ClN2O3S. The molecule has 0 fully saturated rings. The van der Waals surface area contributed by atoms with Crippen molar-refractivity contribution < 1.29 is 13.2 Å². The first-order chi connectivity index (χ1) is 8.93. The Morgan fingerprint density at radius 2 is 2.11 bits per heavy atom. The predicted molar refractivity (Wildman–Crippen MR) is 73.7 cm³/mol. The maximum absolute atomic E-state index is 11.8. The monoisotopic (exact) mass is 298 g/mol. The molecule has 2 rings (SSSR count). The zero-order chi connectivity index (χ0) is 14.0. The Bertz CT molecular complexity index is 744. The SMILES string of the molecule is CCS(=O)(=O)NC(=O)c1ccc2c(Cl)ccnc2c1. The van der Waals surface area contributed by atoms with Crippen LogP contribution in [0.15, 0.2) is 30.5 Å². The Morgan fingerprint density at radius 1 is 1.37 bits per heavy atom. The second kappa shape index (κ2) is 5.14. The molecule has 0 aliphatic heterocycles. The number of nitrogens with one attached hydrogen (secondary N) is 1. The summed E-state index contributed by atoms with van der Waals surface area (Å²) in [5.74, 6) is -0.832. The van der Waals surface area contributed by atoms with Gasteiger partial charge in [-0.2, -0.15) is 0 Å². The lowest BCUT2D eigenvalue weighted by Gasteiger charge is -2.06. The number of amides is 1. The number of carbonyl (C=O) groups excluding carboxylic acids is 1. The third-order valence-electron chi connectivity index (χ3n) is 2.58. The number of pyridine rings is 1. The molecule has 7 heteroatoms. The van der Waals surface area contributed by atoms with Gasteiger partial charge in [0.1, 0.15) is 0 Å². The molecule has 0 atom stereocenters. The first-order valence-electron chi connectivity index (χ1n) is 5.52. The fourth-order valence-electron chi connectivity index (χ4n) is 1.53. The molecule has 0 unspecified atom stereocenters. The molecule has 0 saturated carbocycles. The normalized spacial score (nSPS) is 11.5. The fourth-order valence-corrected chi connectivity index (χ4v) is 2.29. The largest absolute Gasteiger partial charge is 0.268 e. The van der Waals surface area contributed by atoms with Crippen molar-refractivity contribution in [3.63, 3.8) is 0 Å². The second-order valence-electron chi connectivity index (χ2n) is 3.86. The minimum absolute atomic E-state index is 0.156. The Labute approximate surface area is 115 Å². The summed E-state index contributed by atoms with van der Waals surface area (Å²) in [6, 6.07) is 6.29. The van der Waals surface area contributed by atoms with Crippen LogP contribution in [0.25, 0.3) is 10.9 Å². The summed E-state index contributed by atoms with van der Waals surface area (Å²) >= 11 is 5.98. The van der Waals surface area contributed by atoms with Crippen molar-refractivity contribution in [1.82, 2.24) is 9.71 Å². The molecule has 1 aromatic heterocycles. The molecule has 0 aliphatic carbocycles. The van der Waals surface area contributed by atoms with Gasteiger partial charge in [-0.25, -0.2) is 13.1 Å². The molecule has 0 bridgehead atoms. The number of carbonyl (C=O) groups is 1. The lowest BCUT2D eigenvalue weighted by molar-refractivity contribution is 0.0981. The van der Waals surface area contributed by atoms with Gasteiger partial charge < -0.3 is 0 Å². The molecule has 0 spiro atoms. The van der Waals surface area contributed by atoms with Crippen molar-refractivity contribution in [2.45, 2.75) is 6.92 Å². The van der Waals surface area contributed by atoms with Crippen LogP contribution in [0.2, 0.25) is 5.02 Å². The highest BCUT2D eigenvalue weighted by Crippen LogP contribution is 2.22. The average molecular weight is 299 g/mol. The van der Waals surface area contributed by atoms with Crippen LogP contribution < -0.4 is 4.72 Å². The van der Waals surface area contributed by atoms with Crippen LogP contribution in [0.5, 0.6) is 0 Å². The van der Waals surface area contributed by atoms with Crippen molar-refractivity contribution in [2.24, 2.45) is 0 Å². The van der Waals surface area contributed by atoms with E-state index in [1.807, 2.05) is 4.72 Å². The van der Waals surface area contributed by atoms with Crippen molar-refractivity contribution in [1.29, 1.82) is 0 Å². The third-order valence-corrected chi connectivity index (χ3v) is 4.17. The highest BCUT2D eigenvalue weighted by atomic mass is 35.5.